The van der Waals surface area contributed by atoms with Crippen molar-refractivity contribution in [1.29, 1.82) is 0 Å². The largest absolute Gasteiger partial charge is 0.508 e. The zero-order valence-electron chi connectivity index (χ0n) is 15.7. The molecule has 0 aromatic heterocycles. The van der Waals surface area contributed by atoms with Crippen molar-refractivity contribution in [2.45, 2.75) is 0 Å². The number of carboxylic acid groups (broad SMARTS) is 2. The van der Waals surface area contributed by atoms with Crippen LogP contribution in [0.4, 0.5) is 0 Å². The summed E-state index contributed by atoms with van der Waals surface area (Å²) in [5.74, 6) is -2.12. The molecule has 0 aliphatic rings. The Hall–Kier alpha value is -4.32. The first-order valence-electron chi connectivity index (χ1n) is 8.92. The van der Waals surface area contributed by atoms with Gasteiger partial charge in [-0.2, -0.15) is 0 Å². The summed E-state index contributed by atoms with van der Waals surface area (Å²) >= 11 is 0. The van der Waals surface area contributed by atoms with Crippen LogP contribution in [0.15, 0.2) is 72.8 Å². The van der Waals surface area contributed by atoms with Crippen LogP contribution in [-0.4, -0.2) is 32.4 Å². The van der Waals surface area contributed by atoms with Gasteiger partial charge in [0, 0.05) is 0 Å². The van der Waals surface area contributed by atoms with Crippen molar-refractivity contribution in [1.82, 2.24) is 0 Å². The third kappa shape index (κ3) is 4.94. The highest BCUT2D eigenvalue weighted by atomic mass is 16.4. The molecule has 150 valence electrons. The van der Waals surface area contributed by atoms with Crippen molar-refractivity contribution in [3.63, 3.8) is 0 Å². The van der Waals surface area contributed by atoms with Crippen molar-refractivity contribution in [2.75, 3.05) is 0 Å². The van der Waals surface area contributed by atoms with Crippen molar-refractivity contribution in [3.05, 3.63) is 95.1 Å². The summed E-state index contributed by atoms with van der Waals surface area (Å²) < 4.78 is 0. The van der Waals surface area contributed by atoms with Gasteiger partial charge in [0.2, 0.25) is 0 Å². The van der Waals surface area contributed by atoms with E-state index in [1.165, 1.54) is 60.7 Å². The third-order valence-corrected chi connectivity index (χ3v) is 4.38. The SMILES string of the molecule is O=C(O)/C(=C/c1ccc(/C=C(/C(=O)O)c2ccc(O)cc2)cc1)c1ccc(O)cc1. The number of benzene rings is 3. The average Bonchev–Trinajstić information content (AvgIpc) is 2.72. The topological polar surface area (TPSA) is 115 Å². The van der Waals surface area contributed by atoms with Gasteiger partial charge in [0.25, 0.3) is 0 Å². The quantitative estimate of drug-likeness (QED) is 0.360. The Morgan fingerprint density at radius 3 is 1.10 bits per heavy atom. The molecule has 3 aromatic rings. The Bertz CT molecular complexity index is 1030. The molecular weight excluding hydrogens is 384 g/mol. The van der Waals surface area contributed by atoms with Gasteiger partial charge in [0.1, 0.15) is 11.5 Å². The van der Waals surface area contributed by atoms with Crippen LogP contribution in [0.2, 0.25) is 0 Å². The maximum atomic E-state index is 11.6. The minimum Gasteiger partial charge on any atom is -0.508 e. The molecule has 0 saturated heterocycles. The zero-order valence-corrected chi connectivity index (χ0v) is 15.7. The lowest BCUT2D eigenvalue weighted by Crippen LogP contribution is -2.00. The van der Waals surface area contributed by atoms with Gasteiger partial charge in [0.15, 0.2) is 0 Å². The monoisotopic (exact) mass is 402 g/mol. The van der Waals surface area contributed by atoms with E-state index in [-0.39, 0.29) is 22.6 Å². The number of aromatic hydroxyl groups is 2. The molecule has 0 unspecified atom stereocenters. The Labute approximate surface area is 172 Å². The molecule has 0 bridgehead atoms. The molecule has 4 N–H and O–H groups in total. The Morgan fingerprint density at radius 2 is 0.833 bits per heavy atom. The average molecular weight is 402 g/mol. The molecule has 0 saturated carbocycles. The normalized spacial score (nSPS) is 11.9. The zero-order chi connectivity index (χ0) is 21.7. The number of rotatable bonds is 6. The maximum Gasteiger partial charge on any atom is 0.336 e. The first-order valence-corrected chi connectivity index (χ1v) is 8.92. The molecule has 0 aliphatic carbocycles. The molecule has 30 heavy (non-hydrogen) atoms. The van der Waals surface area contributed by atoms with Gasteiger partial charge in [-0.25, -0.2) is 9.59 Å². The van der Waals surface area contributed by atoms with Gasteiger partial charge in [-0.15, -0.1) is 0 Å². The van der Waals surface area contributed by atoms with Crippen molar-refractivity contribution >= 4 is 35.2 Å². The van der Waals surface area contributed by atoms with Gasteiger partial charge in [0.05, 0.1) is 11.1 Å². The molecule has 0 spiro atoms. The highest BCUT2D eigenvalue weighted by Gasteiger charge is 2.12. The molecule has 0 amide bonds. The van der Waals surface area contributed by atoms with E-state index in [0.29, 0.717) is 22.3 Å². The van der Waals surface area contributed by atoms with Gasteiger partial charge < -0.3 is 20.4 Å². The minimum atomic E-state index is -1.11. The predicted octanol–water partition coefficient (Wildman–Crippen LogP) is 4.35. The van der Waals surface area contributed by atoms with Crippen LogP contribution in [0.1, 0.15) is 22.3 Å². The summed E-state index contributed by atoms with van der Waals surface area (Å²) in [6, 6.07) is 18.5. The molecular formula is C24H18O6. The Morgan fingerprint density at radius 1 is 0.533 bits per heavy atom. The number of aliphatic carboxylic acids is 2. The Kier molecular flexibility index (Phi) is 5.98. The van der Waals surface area contributed by atoms with Gasteiger partial charge in [-0.05, 0) is 58.7 Å². The molecule has 6 nitrogen and oxygen atoms in total. The van der Waals surface area contributed by atoms with Crippen LogP contribution in [0.3, 0.4) is 0 Å². The lowest BCUT2D eigenvalue weighted by molar-refractivity contribution is -0.131. The smallest absolute Gasteiger partial charge is 0.336 e. The van der Waals surface area contributed by atoms with E-state index in [1.807, 2.05) is 0 Å². The van der Waals surface area contributed by atoms with E-state index >= 15 is 0 Å². The van der Waals surface area contributed by atoms with E-state index in [1.54, 1.807) is 24.3 Å². The highest BCUT2D eigenvalue weighted by Crippen LogP contribution is 2.24. The lowest BCUT2D eigenvalue weighted by atomic mass is 10.00. The third-order valence-electron chi connectivity index (χ3n) is 4.38. The maximum absolute atomic E-state index is 11.6. The number of phenolic OH excluding ortho intramolecular Hbond substituents is 2. The molecule has 0 atom stereocenters. The number of carbonyl (C=O) groups is 2. The van der Waals surface area contributed by atoms with Crippen LogP contribution in [0.5, 0.6) is 11.5 Å². The molecule has 0 aliphatic heterocycles. The molecule has 3 rings (SSSR count). The number of hydrogen-bond acceptors (Lipinski definition) is 4. The fourth-order valence-corrected chi connectivity index (χ4v) is 2.84. The summed E-state index contributed by atoms with van der Waals surface area (Å²) in [6.45, 7) is 0. The van der Waals surface area contributed by atoms with E-state index in [2.05, 4.69) is 0 Å². The van der Waals surface area contributed by atoms with E-state index in [4.69, 9.17) is 0 Å². The molecule has 0 fully saturated rings. The second kappa shape index (κ2) is 8.79. The predicted molar refractivity (Wildman–Crippen MR) is 114 cm³/mol. The van der Waals surface area contributed by atoms with Crippen LogP contribution in [0.25, 0.3) is 23.3 Å². The van der Waals surface area contributed by atoms with Gasteiger partial charge >= 0.3 is 11.9 Å². The highest BCUT2D eigenvalue weighted by molar-refractivity contribution is 6.21. The summed E-state index contributed by atoms with van der Waals surface area (Å²) in [7, 11) is 0. The first kappa shape index (κ1) is 20.4. The number of hydrogen-bond donors (Lipinski definition) is 4. The summed E-state index contributed by atoms with van der Waals surface area (Å²) in [4.78, 5) is 23.3. The van der Waals surface area contributed by atoms with Crippen molar-refractivity contribution < 1.29 is 30.0 Å². The summed E-state index contributed by atoms with van der Waals surface area (Å²) in [6.07, 6.45) is 3.00. The van der Waals surface area contributed by atoms with Gasteiger partial charge in [-0.3, -0.25) is 0 Å². The standard InChI is InChI=1S/C24H18O6/c25-19-9-5-17(6-10-19)21(23(27)28)13-15-1-2-16(4-3-15)14-22(24(29)30)18-7-11-20(26)12-8-18/h1-14,25-26H,(H,27,28)(H,29,30)/b21-13+,22-14+. The van der Waals surface area contributed by atoms with Gasteiger partial charge in [-0.1, -0.05) is 48.5 Å². The van der Waals surface area contributed by atoms with Crippen LogP contribution in [0, 0.1) is 0 Å². The fraction of sp³-hybridized carbons (Fsp3) is 0. The lowest BCUT2D eigenvalue weighted by Gasteiger charge is -2.05. The van der Waals surface area contributed by atoms with Crippen LogP contribution >= 0.6 is 0 Å². The molecule has 0 radical (unpaired) electrons. The van der Waals surface area contributed by atoms with E-state index in [0.717, 1.165) is 0 Å². The first-order chi connectivity index (χ1) is 14.3. The van der Waals surface area contributed by atoms with E-state index in [9.17, 15) is 30.0 Å². The van der Waals surface area contributed by atoms with Crippen LogP contribution < -0.4 is 0 Å². The van der Waals surface area contributed by atoms with Crippen molar-refractivity contribution in [2.24, 2.45) is 0 Å². The van der Waals surface area contributed by atoms with Crippen molar-refractivity contribution in [3.8, 4) is 11.5 Å². The fourth-order valence-electron chi connectivity index (χ4n) is 2.84. The molecule has 0 heterocycles. The Balaban J connectivity index is 1.92. The molecule has 3 aromatic carbocycles. The van der Waals surface area contributed by atoms with E-state index < -0.39 is 11.9 Å². The van der Waals surface area contributed by atoms with Crippen LogP contribution in [-0.2, 0) is 9.59 Å². The second-order valence-electron chi connectivity index (χ2n) is 6.49. The second-order valence-corrected chi connectivity index (χ2v) is 6.49. The molecule has 6 heteroatoms. The number of carboxylic acids is 2. The number of phenols is 2. The summed E-state index contributed by atoms with van der Waals surface area (Å²) in [5, 5.41) is 37.8. The minimum absolute atomic E-state index is 0.0440. The summed E-state index contributed by atoms with van der Waals surface area (Å²) in [5.41, 5.74) is 2.27.